The number of nitrogens with two attached hydrogens (primary N) is 1. The molecule has 0 fully saturated rings. The van der Waals surface area contributed by atoms with Crippen LogP contribution in [0.2, 0.25) is 0 Å². The molecule has 0 spiro atoms. The van der Waals surface area contributed by atoms with Gasteiger partial charge >= 0.3 is 0 Å². The first-order chi connectivity index (χ1) is 8.49. The standard InChI is InChI=1S/C13H22N2O2S/c1-3-5-11(14)10-15-12-6-8-13(9-7-12)18(16,17)4-2/h6-9,11,15H,3-5,10,14H2,1-2H3. The van der Waals surface area contributed by atoms with E-state index in [4.69, 9.17) is 5.73 Å². The first kappa shape index (κ1) is 15.0. The molecular weight excluding hydrogens is 248 g/mol. The van der Waals surface area contributed by atoms with Gasteiger partial charge in [0.1, 0.15) is 0 Å². The van der Waals surface area contributed by atoms with Crippen molar-refractivity contribution in [1.82, 2.24) is 0 Å². The van der Waals surface area contributed by atoms with Crippen LogP contribution in [0.1, 0.15) is 26.7 Å². The number of hydrogen-bond donors (Lipinski definition) is 2. The Balaban J connectivity index is 2.61. The van der Waals surface area contributed by atoms with Crippen molar-refractivity contribution in [1.29, 1.82) is 0 Å². The largest absolute Gasteiger partial charge is 0.383 e. The molecule has 0 saturated carbocycles. The average molecular weight is 270 g/mol. The van der Waals surface area contributed by atoms with Crippen molar-refractivity contribution in [3.63, 3.8) is 0 Å². The molecule has 0 amide bonds. The second kappa shape index (κ2) is 6.75. The van der Waals surface area contributed by atoms with E-state index in [2.05, 4.69) is 12.2 Å². The van der Waals surface area contributed by atoms with Crippen LogP contribution in [0.5, 0.6) is 0 Å². The number of hydrogen-bond acceptors (Lipinski definition) is 4. The number of sulfone groups is 1. The Morgan fingerprint density at radius 3 is 2.33 bits per heavy atom. The highest BCUT2D eigenvalue weighted by molar-refractivity contribution is 7.91. The Kier molecular flexibility index (Phi) is 5.62. The quantitative estimate of drug-likeness (QED) is 0.795. The minimum atomic E-state index is -3.11. The SMILES string of the molecule is CCCC(N)CNc1ccc(S(=O)(=O)CC)cc1. The molecule has 1 unspecified atom stereocenters. The molecule has 5 heteroatoms. The van der Waals surface area contributed by atoms with E-state index in [0.717, 1.165) is 18.5 Å². The summed E-state index contributed by atoms with van der Waals surface area (Å²) in [6.45, 7) is 4.45. The lowest BCUT2D eigenvalue weighted by Gasteiger charge is -2.13. The van der Waals surface area contributed by atoms with E-state index in [0.29, 0.717) is 11.4 Å². The summed E-state index contributed by atoms with van der Waals surface area (Å²) in [4.78, 5) is 0.369. The minimum Gasteiger partial charge on any atom is -0.383 e. The molecule has 18 heavy (non-hydrogen) atoms. The molecule has 0 radical (unpaired) electrons. The van der Waals surface area contributed by atoms with Gasteiger partial charge in [0.25, 0.3) is 0 Å². The number of benzene rings is 1. The van der Waals surface area contributed by atoms with Crippen molar-refractivity contribution in [2.75, 3.05) is 17.6 Å². The van der Waals surface area contributed by atoms with Crippen molar-refractivity contribution >= 4 is 15.5 Å². The molecule has 4 nitrogen and oxygen atoms in total. The highest BCUT2D eigenvalue weighted by atomic mass is 32.2. The van der Waals surface area contributed by atoms with Crippen molar-refractivity contribution in [3.05, 3.63) is 24.3 Å². The van der Waals surface area contributed by atoms with Crippen LogP contribution >= 0.6 is 0 Å². The summed E-state index contributed by atoms with van der Waals surface area (Å²) in [5.74, 6) is 0.126. The summed E-state index contributed by atoms with van der Waals surface area (Å²) in [6.07, 6.45) is 2.05. The highest BCUT2D eigenvalue weighted by Crippen LogP contribution is 2.15. The van der Waals surface area contributed by atoms with Crippen LogP contribution in [0.3, 0.4) is 0 Å². The summed E-state index contributed by atoms with van der Waals surface area (Å²) >= 11 is 0. The second-order valence-corrected chi connectivity index (χ2v) is 6.64. The van der Waals surface area contributed by atoms with E-state index in [1.165, 1.54) is 0 Å². The van der Waals surface area contributed by atoms with Crippen LogP contribution in [0, 0.1) is 0 Å². The molecule has 0 saturated heterocycles. The van der Waals surface area contributed by atoms with Gasteiger partial charge in [0.05, 0.1) is 10.6 Å². The Morgan fingerprint density at radius 2 is 1.83 bits per heavy atom. The van der Waals surface area contributed by atoms with Gasteiger partial charge in [-0.05, 0) is 30.7 Å². The minimum absolute atomic E-state index is 0.126. The van der Waals surface area contributed by atoms with Gasteiger partial charge in [-0.2, -0.15) is 0 Å². The van der Waals surface area contributed by atoms with Crippen LogP contribution in [-0.4, -0.2) is 26.8 Å². The van der Waals surface area contributed by atoms with Crippen molar-refractivity contribution in [2.45, 2.75) is 37.6 Å². The van der Waals surface area contributed by atoms with Gasteiger partial charge in [-0.1, -0.05) is 20.3 Å². The smallest absolute Gasteiger partial charge is 0.178 e. The first-order valence-electron chi connectivity index (χ1n) is 6.32. The molecule has 102 valence electrons. The van der Waals surface area contributed by atoms with Crippen LogP contribution in [0.15, 0.2) is 29.2 Å². The molecule has 1 rings (SSSR count). The maximum absolute atomic E-state index is 11.6. The number of nitrogens with one attached hydrogen (secondary N) is 1. The maximum atomic E-state index is 11.6. The fraction of sp³-hybridized carbons (Fsp3) is 0.538. The van der Waals surface area contributed by atoms with E-state index in [9.17, 15) is 8.42 Å². The Morgan fingerprint density at radius 1 is 1.22 bits per heavy atom. The summed E-state index contributed by atoms with van der Waals surface area (Å²) < 4.78 is 23.2. The van der Waals surface area contributed by atoms with Gasteiger partial charge in [-0.3, -0.25) is 0 Å². The van der Waals surface area contributed by atoms with E-state index in [-0.39, 0.29) is 11.8 Å². The summed E-state index contributed by atoms with van der Waals surface area (Å²) in [6, 6.07) is 6.95. The molecule has 0 aromatic heterocycles. The maximum Gasteiger partial charge on any atom is 0.178 e. The molecular formula is C13H22N2O2S. The molecule has 1 atom stereocenters. The lowest BCUT2D eigenvalue weighted by molar-refractivity contribution is 0.597. The van der Waals surface area contributed by atoms with Gasteiger partial charge in [0, 0.05) is 18.3 Å². The number of rotatable bonds is 7. The van der Waals surface area contributed by atoms with Crippen LogP contribution in [0.4, 0.5) is 5.69 Å². The molecule has 0 aliphatic rings. The van der Waals surface area contributed by atoms with Crippen LogP contribution < -0.4 is 11.1 Å². The van der Waals surface area contributed by atoms with Gasteiger partial charge < -0.3 is 11.1 Å². The zero-order valence-electron chi connectivity index (χ0n) is 11.0. The third-order valence-electron chi connectivity index (χ3n) is 2.82. The monoisotopic (exact) mass is 270 g/mol. The van der Waals surface area contributed by atoms with Crippen LogP contribution in [-0.2, 0) is 9.84 Å². The highest BCUT2D eigenvalue weighted by Gasteiger charge is 2.10. The molecule has 0 heterocycles. The topological polar surface area (TPSA) is 72.2 Å². The van der Waals surface area contributed by atoms with Crippen molar-refractivity contribution in [2.24, 2.45) is 5.73 Å². The molecule has 3 N–H and O–H groups in total. The molecule has 0 bridgehead atoms. The Hall–Kier alpha value is -1.07. The lowest BCUT2D eigenvalue weighted by atomic mass is 10.2. The third kappa shape index (κ3) is 4.31. The summed E-state index contributed by atoms with van der Waals surface area (Å²) in [7, 11) is -3.11. The zero-order valence-corrected chi connectivity index (χ0v) is 11.8. The van der Waals surface area contributed by atoms with Gasteiger partial charge in [-0.15, -0.1) is 0 Å². The van der Waals surface area contributed by atoms with Crippen molar-refractivity contribution in [3.8, 4) is 0 Å². The van der Waals surface area contributed by atoms with Crippen molar-refractivity contribution < 1.29 is 8.42 Å². The van der Waals surface area contributed by atoms with Gasteiger partial charge in [-0.25, -0.2) is 8.42 Å². The van der Waals surface area contributed by atoms with E-state index in [1.54, 1.807) is 31.2 Å². The summed E-state index contributed by atoms with van der Waals surface area (Å²) in [5, 5.41) is 3.21. The molecule has 0 aliphatic carbocycles. The zero-order chi connectivity index (χ0) is 13.6. The summed E-state index contributed by atoms with van der Waals surface area (Å²) in [5.41, 5.74) is 6.79. The normalized spacial score (nSPS) is 13.3. The lowest BCUT2D eigenvalue weighted by Crippen LogP contribution is -2.28. The molecule has 1 aromatic rings. The average Bonchev–Trinajstić information content (AvgIpc) is 2.37. The van der Waals surface area contributed by atoms with E-state index >= 15 is 0 Å². The van der Waals surface area contributed by atoms with E-state index < -0.39 is 9.84 Å². The fourth-order valence-electron chi connectivity index (χ4n) is 1.67. The third-order valence-corrected chi connectivity index (χ3v) is 4.57. The Labute approximate surface area is 110 Å². The fourth-order valence-corrected chi connectivity index (χ4v) is 2.55. The van der Waals surface area contributed by atoms with E-state index in [1.807, 2.05) is 0 Å². The number of anilines is 1. The van der Waals surface area contributed by atoms with Crippen LogP contribution in [0.25, 0.3) is 0 Å². The molecule has 0 aliphatic heterocycles. The van der Waals surface area contributed by atoms with Gasteiger partial charge in [0.2, 0.25) is 0 Å². The van der Waals surface area contributed by atoms with Gasteiger partial charge in [0.15, 0.2) is 9.84 Å². The Bertz CT molecular complexity index is 454. The predicted molar refractivity (Wildman–Crippen MR) is 75.5 cm³/mol. The second-order valence-electron chi connectivity index (χ2n) is 4.36. The molecule has 1 aromatic carbocycles. The first-order valence-corrected chi connectivity index (χ1v) is 7.97. The predicted octanol–water partition coefficient (Wildman–Crippen LogP) is 2.02.